The molecule has 3 heterocycles. The van der Waals surface area contributed by atoms with Crippen molar-refractivity contribution in [3.63, 3.8) is 0 Å². The van der Waals surface area contributed by atoms with Gasteiger partial charge >= 0.3 is 0 Å². The number of alkyl halides is 2. The molecule has 0 unspecified atom stereocenters. The first-order chi connectivity index (χ1) is 22.6. The number of fused-ring (bicyclic) bond motifs is 1. The smallest absolute Gasteiger partial charge is 0.296 e. The van der Waals surface area contributed by atoms with Crippen LogP contribution in [0.1, 0.15) is 49.1 Å². The van der Waals surface area contributed by atoms with Crippen LogP contribution in [0.3, 0.4) is 0 Å². The molecule has 1 saturated carbocycles. The highest BCUT2D eigenvalue weighted by Gasteiger charge is 2.28. The number of imidazole rings is 1. The minimum absolute atomic E-state index is 0.133. The van der Waals surface area contributed by atoms with Gasteiger partial charge in [-0.15, -0.1) is 0 Å². The largest absolute Gasteiger partial charge is 0.378 e. The van der Waals surface area contributed by atoms with Crippen LogP contribution in [0.4, 0.5) is 20.7 Å². The summed E-state index contributed by atoms with van der Waals surface area (Å²) >= 11 is 0. The zero-order valence-corrected chi connectivity index (χ0v) is 25.7. The van der Waals surface area contributed by atoms with E-state index in [0.29, 0.717) is 55.3 Å². The van der Waals surface area contributed by atoms with Crippen LogP contribution in [0.25, 0.3) is 17.0 Å². The first kappa shape index (κ1) is 30.2. The van der Waals surface area contributed by atoms with E-state index in [1.54, 1.807) is 24.3 Å². The molecule has 2 aromatic heterocycles. The van der Waals surface area contributed by atoms with Crippen LogP contribution in [-0.2, 0) is 17.8 Å². The van der Waals surface area contributed by atoms with E-state index in [0.717, 1.165) is 38.8 Å². The summed E-state index contributed by atoms with van der Waals surface area (Å²) in [5.41, 5.74) is 3.61. The third-order valence-electron chi connectivity index (χ3n) is 8.89. The lowest BCUT2D eigenvalue weighted by molar-refractivity contribution is 0.122. The van der Waals surface area contributed by atoms with Crippen LogP contribution >= 0.6 is 0 Å². The summed E-state index contributed by atoms with van der Waals surface area (Å²) in [7, 11) is 0. The van der Waals surface area contributed by atoms with Gasteiger partial charge in [-0.1, -0.05) is 72.8 Å². The molecule has 0 atom stereocenters. The predicted molar refractivity (Wildman–Crippen MR) is 174 cm³/mol. The van der Waals surface area contributed by atoms with Crippen molar-refractivity contribution < 1.29 is 13.5 Å². The van der Waals surface area contributed by atoms with Crippen molar-refractivity contribution in [1.29, 1.82) is 0 Å². The molecule has 1 aliphatic heterocycles. The molecule has 2 aliphatic rings. The second kappa shape index (κ2) is 13.9. The minimum atomic E-state index is -2.79. The van der Waals surface area contributed by atoms with Crippen molar-refractivity contribution in [3.05, 3.63) is 102 Å². The molecule has 5 aromatic rings. The molecule has 0 radical (unpaired) electrons. The van der Waals surface area contributed by atoms with Crippen molar-refractivity contribution in [2.75, 3.05) is 36.5 Å². The maximum atomic E-state index is 14.3. The van der Waals surface area contributed by atoms with E-state index >= 15 is 0 Å². The van der Waals surface area contributed by atoms with Crippen LogP contribution in [0.15, 0.2) is 84.9 Å². The van der Waals surface area contributed by atoms with E-state index in [1.807, 2.05) is 4.90 Å². The summed E-state index contributed by atoms with van der Waals surface area (Å²) < 4.78 is 35.4. The number of halogens is 2. The normalized spacial score (nSPS) is 18.8. The number of anilines is 2. The van der Waals surface area contributed by atoms with Crippen LogP contribution < -0.4 is 10.2 Å². The van der Waals surface area contributed by atoms with Crippen molar-refractivity contribution >= 4 is 22.9 Å². The molecule has 46 heavy (non-hydrogen) atoms. The summed E-state index contributed by atoms with van der Waals surface area (Å²) in [4.78, 5) is 23.0. The number of aromatic nitrogens is 5. The lowest BCUT2D eigenvalue weighted by atomic mass is 9.89. The number of benzene rings is 3. The molecule has 3 aromatic carbocycles. The van der Waals surface area contributed by atoms with E-state index in [4.69, 9.17) is 19.7 Å². The van der Waals surface area contributed by atoms with E-state index in [2.05, 4.69) is 75.9 Å². The summed E-state index contributed by atoms with van der Waals surface area (Å²) in [6.45, 7) is 4.10. The Labute approximate surface area is 267 Å². The van der Waals surface area contributed by atoms with Crippen molar-refractivity contribution in [3.8, 4) is 5.95 Å². The highest BCUT2D eigenvalue weighted by molar-refractivity contribution is 5.77. The van der Waals surface area contributed by atoms with Gasteiger partial charge in [-0.2, -0.15) is 15.0 Å². The molecule has 2 fully saturated rings. The zero-order chi connectivity index (χ0) is 31.3. The van der Waals surface area contributed by atoms with Crippen LogP contribution in [0.5, 0.6) is 0 Å². The number of hydrogen-bond donors (Lipinski definition) is 1. The van der Waals surface area contributed by atoms with Gasteiger partial charge in [0.15, 0.2) is 5.82 Å². The van der Waals surface area contributed by atoms with Crippen LogP contribution in [-0.4, -0.2) is 67.8 Å². The van der Waals surface area contributed by atoms with Gasteiger partial charge in [0, 0.05) is 38.3 Å². The molecule has 11 heteroatoms. The highest BCUT2D eigenvalue weighted by atomic mass is 19.3. The topological polar surface area (TPSA) is 84.2 Å². The number of ether oxygens (including phenoxy) is 1. The second-order valence-corrected chi connectivity index (χ2v) is 12.0. The highest BCUT2D eigenvalue weighted by Crippen LogP contribution is 2.30. The van der Waals surface area contributed by atoms with Gasteiger partial charge in [0.2, 0.25) is 17.8 Å². The Kier molecular flexibility index (Phi) is 9.11. The maximum absolute atomic E-state index is 14.3. The molecular formula is C35H38F2N8O. The van der Waals surface area contributed by atoms with Crippen LogP contribution in [0.2, 0.25) is 0 Å². The summed E-state index contributed by atoms with van der Waals surface area (Å²) in [5, 5.41) is 3.56. The van der Waals surface area contributed by atoms with Gasteiger partial charge in [-0.05, 0) is 48.9 Å². The van der Waals surface area contributed by atoms with Gasteiger partial charge in [0.1, 0.15) is 0 Å². The average molecular weight is 625 g/mol. The number of rotatable bonds is 10. The molecule has 0 bridgehead atoms. The monoisotopic (exact) mass is 624 g/mol. The first-order valence-corrected chi connectivity index (χ1v) is 16.0. The fraction of sp³-hybridized carbons (Fsp3) is 0.371. The molecule has 0 spiro atoms. The van der Waals surface area contributed by atoms with Gasteiger partial charge < -0.3 is 15.0 Å². The molecule has 1 aliphatic carbocycles. The lowest BCUT2D eigenvalue weighted by Crippen LogP contribution is -2.40. The third kappa shape index (κ3) is 6.85. The molecular weight excluding hydrogens is 586 g/mol. The zero-order valence-electron chi connectivity index (χ0n) is 25.7. The molecule has 238 valence electrons. The van der Waals surface area contributed by atoms with Crippen molar-refractivity contribution in [1.82, 2.24) is 29.4 Å². The van der Waals surface area contributed by atoms with Gasteiger partial charge in [0.25, 0.3) is 6.43 Å². The number of morpholine rings is 1. The van der Waals surface area contributed by atoms with E-state index in [9.17, 15) is 8.78 Å². The molecule has 9 nitrogen and oxygen atoms in total. The summed E-state index contributed by atoms with van der Waals surface area (Å²) in [6, 6.07) is 28.9. The predicted octanol–water partition coefficient (Wildman–Crippen LogP) is 6.41. The Morgan fingerprint density at radius 2 is 1.35 bits per heavy atom. The quantitative estimate of drug-likeness (QED) is 0.191. The van der Waals surface area contributed by atoms with E-state index in [1.165, 1.54) is 15.7 Å². The molecule has 1 N–H and O–H groups in total. The number of para-hydroxylation sites is 2. The lowest BCUT2D eigenvalue weighted by Gasteiger charge is -2.37. The average Bonchev–Trinajstić information content (AvgIpc) is 3.50. The fourth-order valence-electron chi connectivity index (χ4n) is 6.54. The third-order valence-corrected chi connectivity index (χ3v) is 8.89. The van der Waals surface area contributed by atoms with E-state index in [-0.39, 0.29) is 17.8 Å². The van der Waals surface area contributed by atoms with Gasteiger partial charge in [-0.3, -0.25) is 9.47 Å². The minimum Gasteiger partial charge on any atom is -0.378 e. The molecule has 1 saturated heterocycles. The fourth-order valence-corrected chi connectivity index (χ4v) is 6.54. The standard InChI is InChI=1S/C35H38F2N8O/c36-31(37)32-39-29-13-7-8-14-30(29)45(32)35-41-33(40-34(42-35)43-19-21-46-22-20-43)38-27-15-17-28(18-16-27)44(23-25-9-3-1-4-10-25)24-26-11-5-2-6-12-26/h1-14,27-28,31H,15-24H2,(H,38,40,41,42). The number of nitrogens with zero attached hydrogens (tertiary/aromatic N) is 7. The second-order valence-electron chi connectivity index (χ2n) is 12.0. The Hall–Kier alpha value is -4.48. The molecule has 7 rings (SSSR count). The van der Waals surface area contributed by atoms with Crippen molar-refractivity contribution in [2.24, 2.45) is 0 Å². The molecule has 0 amide bonds. The maximum Gasteiger partial charge on any atom is 0.296 e. The Bertz CT molecular complexity index is 1680. The SMILES string of the molecule is FC(F)c1nc2ccccc2n1-c1nc(NC2CCC(N(Cc3ccccc3)Cc3ccccc3)CC2)nc(N2CCOCC2)n1. The number of hydrogen-bond acceptors (Lipinski definition) is 8. The summed E-state index contributed by atoms with van der Waals surface area (Å²) in [5.74, 6) is 0.579. The summed E-state index contributed by atoms with van der Waals surface area (Å²) in [6.07, 6.45) is 1.13. The Morgan fingerprint density at radius 1 is 0.739 bits per heavy atom. The van der Waals surface area contributed by atoms with E-state index < -0.39 is 6.43 Å². The van der Waals surface area contributed by atoms with Gasteiger partial charge in [0.05, 0.1) is 24.2 Å². The van der Waals surface area contributed by atoms with Crippen LogP contribution in [0, 0.1) is 0 Å². The number of nitrogens with one attached hydrogen (secondary N) is 1. The van der Waals surface area contributed by atoms with Crippen molar-refractivity contribution in [2.45, 2.75) is 57.3 Å². The Balaban J connectivity index is 1.13. The van der Waals surface area contributed by atoms with Gasteiger partial charge in [-0.25, -0.2) is 13.8 Å². The Morgan fingerprint density at radius 3 is 2.00 bits per heavy atom. The first-order valence-electron chi connectivity index (χ1n) is 16.0.